The minimum atomic E-state index is -0.158. The second-order valence-electron chi connectivity index (χ2n) is 4.91. The van der Waals surface area contributed by atoms with Crippen molar-refractivity contribution in [2.75, 3.05) is 0 Å². The molecule has 2 N–H and O–H groups in total. The number of hydrogen-bond acceptors (Lipinski definition) is 2. The average molecular weight is 272 g/mol. The molecule has 5 nitrogen and oxygen atoms in total. The number of carbonyl (C=O) groups excluding carboxylic acids is 1. The first-order valence-corrected chi connectivity index (χ1v) is 6.73. The van der Waals surface area contributed by atoms with Gasteiger partial charge in [-0.3, -0.25) is 0 Å². The topological polar surface area (TPSA) is 59.0 Å². The Kier molecular flexibility index (Phi) is 4.76. The summed E-state index contributed by atoms with van der Waals surface area (Å²) in [4.78, 5) is 15.9. The van der Waals surface area contributed by atoms with Crippen molar-refractivity contribution < 1.29 is 4.79 Å². The minimum absolute atomic E-state index is 0.0170. The Bertz CT molecular complexity index is 524. The van der Waals surface area contributed by atoms with Crippen LogP contribution in [0.4, 0.5) is 4.79 Å². The van der Waals surface area contributed by atoms with Crippen molar-refractivity contribution in [3.05, 3.63) is 54.6 Å². The lowest BCUT2D eigenvalue weighted by molar-refractivity contribution is 0.233. The molecule has 0 aliphatic carbocycles. The van der Waals surface area contributed by atoms with Crippen molar-refractivity contribution in [3.63, 3.8) is 0 Å². The van der Waals surface area contributed by atoms with Crippen LogP contribution in [0.15, 0.2) is 49.1 Å². The maximum atomic E-state index is 11.9. The van der Waals surface area contributed by atoms with Gasteiger partial charge in [-0.05, 0) is 19.4 Å². The van der Waals surface area contributed by atoms with E-state index >= 15 is 0 Å². The summed E-state index contributed by atoms with van der Waals surface area (Å²) in [6.45, 7) is 4.63. The summed E-state index contributed by atoms with van der Waals surface area (Å²) >= 11 is 0. The molecule has 0 aliphatic heterocycles. The molecule has 2 amide bonds. The molecule has 2 unspecified atom stereocenters. The highest BCUT2D eigenvalue weighted by atomic mass is 16.2. The molecule has 20 heavy (non-hydrogen) atoms. The molecule has 1 heterocycles. The minimum Gasteiger partial charge on any atom is -0.335 e. The van der Waals surface area contributed by atoms with Crippen molar-refractivity contribution >= 4 is 6.03 Å². The van der Waals surface area contributed by atoms with Gasteiger partial charge in [0, 0.05) is 25.0 Å². The van der Waals surface area contributed by atoms with Crippen LogP contribution in [0.25, 0.3) is 0 Å². The van der Waals surface area contributed by atoms with Crippen LogP contribution in [0, 0.1) is 0 Å². The first-order valence-electron chi connectivity index (χ1n) is 6.73. The Hall–Kier alpha value is -2.30. The van der Waals surface area contributed by atoms with E-state index < -0.39 is 0 Å². The molecule has 0 radical (unpaired) electrons. The van der Waals surface area contributed by atoms with E-state index in [9.17, 15) is 4.79 Å². The number of rotatable bonds is 5. The number of carbonyl (C=O) groups is 1. The van der Waals surface area contributed by atoms with Gasteiger partial charge in [-0.2, -0.15) is 0 Å². The third-order valence-corrected chi connectivity index (χ3v) is 3.07. The maximum absolute atomic E-state index is 11.9. The number of hydrogen-bond donors (Lipinski definition) is 2. The third kappa shape index (κ3) is 4.12. The summed E-state index contributed by atoms with van der Waals surface area (Å²) in [6, 6.07) is 9.75. The number of imidazole rings is 1. The van der Waals surface area contributed by atoms with E-state index in [1.165, 1.54) is 0 Å². The molecule has 0 fully saturated rings. The number of nitrogens with one attached hydrogen (secondary N) is 2. The second-order valence-corrected chi connectivity index (χ2v) is 4.91. The van der Waals surface area contributed by atoms with Crippen LogP contribution in [-0.4, -0.2) is 21.6 Å². The lowest BCUT2D eigenvalue weighted by atomic mass is 10.1. The first kappa shape index (κ1) is 14.1. The first-order chi connectivity index (χ1) is 9.65. The SMILES string of the molecule is CC(Cn1ccnc1)NC(=O)NC(C)c1ccccc1. The third-order valence-electron chi connectivity index (χ3n) is 3.07. The van der Waals surface area contributed by atoms with Crippen LogP contribution >= 0.6 is 0 Å². The monoisotopic (exact) mass is 272 g/mol. The molecule has 0 saturated heterocycles. The molecule has 2 aromatic rings. The molecule has 0 saturated carbocycles. The molecule has 0 aliphatic rings. The number of benzene rings is 1. The van der Waals surface area contributed by atoms with Gasteiger partial charge in [0.25, 0.3) is 0 Å². The van der Waals surface area contributed by atoms with E-state index in [2.05, 4.69) is 15.6 Å². The second kappa shape index (κ2) is 6.75. The van der Waals surface area contributed by atoms with E-state index in [1.807, 2.05) is 54.9 Å². The predicted octanol–water partition coefficient (Wildman–Crippen LogP) is 2.33. The molecular weight excluding hydrogens is 252 g/mol. The van der Waals surface area contributed by atoms with Crippen molar-refractivity contribution in [2.45, 2.75) is 32.5 Å². The number of nitrogens with zero attached hydrogens (tertiary/aromatic N) is 2. The summed E-state index contributed by atoms with van der Waals surface area (Å²) in [5, 5.41) is 5.85. The van der Waals surface area contributed by atoms with E-state index in [4.69, 9.17) is 0 Å². The van der Waals surface area contributed by atoms with Crippen LogP contribution < -0.4 is 10.6 Å². The van der Waals surface area contributed by atoms with Gasteiger partial charge >= 0.3 is 6.03 Å². The zero-order valence-corrected chi connectivity index (χ0v) is 11.8. The van der Waals surface area contributed by atoms with Gasteiger partial charge in [0.15, 0.2) is 0 Å². The van der Waals surface area contributed by atoms with Gasteiger partial charge in [0.1, 0.15) is 0 Å². The molecule has 1 aromatic carbocycles. The van der Waals surface area contributed by atoms with Crippen LogP contribution in [-0.2, 0) is 6.54 Å². The summed E-state index contributed by atoms with van der Waals surface area (Å²) in [5.41, 5.74) is 1.09. The Balaban J connectivity index is 1.80. The quantitative estimate of drug-likeness (QED) is 0.877. The Morgan fingerprint density at radius 3 is 2.65 bits per heavy atom. The van der Waals surface area contributed by atoms with Gasteiger partial charge in [-0.15, -0.1) is 0 Å². The van der Waals surface area contributed by atoms with Gasteiger partial charge in [0.05, 0.1) is 12.4 Å². The molecule has 2 atom stereocenters. The number of urea groups is 1. The van der Waals surface area contributed by atoms with E-state index in [-0.39, 0.29) is 18.1 Å². The van der Waals surface area contributed by atoms with Gasteiger partial charge < -0.3 is 15.2 Å². The lowest BCUT2D eigenvalue weighted by Gasteiger charge is -2.18. The van der Waals surface area contributed by atoms with Crippen LogP contribution in [0.2, 0.25) is 0 Å². The Morgan fingerprint density at radius 2 is 2.00 bits per heavy atom. The lowest BCUT2D eigenvalue weighted by Crippen LogP contribution is -2.43. The molecule has 5 heteroatoms. The van der Waals surface area contributed by atoms with Gasteiger partial charge in [0.2, 0.25) is 0 Å². The van der Waals surface area contributed by atoms with Crippen LogP contribution in [0.1, 0.15) is 25.5 Å². The molecule has 1 aromatic heterocycles. The smallest absolute Gasteiger partial charge is 0.315 e. The van der Waals surface area contributed by atoms with Crippen molar-refractivity contribution in [2.24, 2.45) is 0 Å². The van der Waals surface area contributed by atoms with Crippen molar-refractivity contribution in [1.82, 2.24) is 20.2 Å². The van der Waals surface area contributed by atoms with E-state index in [0.29, 0.717) is 6.54 Å². The number of aromatic nitrogens is 2. The van der Waals surface area contributed by atoms with Crippen LogP contribution in [0.3, 0.4) is 0 Å². The highest BCUT2D eigenvalue weighted by Crippen LogP contribution is 2.10. The molecule has 2 rings (SSSR count). The van der Waals surface area contributed by atoms with E-state index in [0.717, 1.165) is 5.56 Å². The number of amides is 2. The van der Waals surface area contributed by atoms with E-state index in [1.54, 1.807) is 12.5 Å². The summed E-state index contributed by atoms with van der Waals surface area (Å²) in [5.74, 6) is 0. The normalized spacial score (nSPS) is 13.5. The van der Waals surface area contributed by atoms with Gasteiger partial charge in [-0.25, -0.2) is 9.78 Å². The van der Waals surface area contributed by atoms with Crippen molar-refractivity contribution in [3.8, 4) is 0 Å². The Morgan fingerprint density at radius 1 is 1.25 bits per heavy atom. The van der Waals surface area contributed by atoms with Gasteiger partial charge in [-0.1, -0.05) is 30.3 Å². The van der Waals surface area contributed by atoms with Crippen molar-refractivity contribution in [1.29, 1.82) is 0 Å². The highest BCUT2D eigenvalue weighted by molar-refractivity contribution is 5.74. The highest BCUT2D eigenvalue weighted by Gasteiger charge is 2.11. The zero-order valence-electron chi connectivity index (χ0n) is 11.8. The predicted molar refractivity (Wildman–Crippen MR) is 78.2 cm³/mol. The summed E-state index contributed by atoms with van der Waals surface area (Å²) in [7, 11) is 0. The fourth-order valence-corrected chi connectivity index (χ4v) is 2.04. The average Bonchev–Trinajstić information content (AvgIpc) is 2.92. The summed E-state index contributed by atoms with van der Waals surface area (Å²) in [6.07, 6.45) is 5.34. The Labute approximate surface area is 119 Å². The molecule has 0 spiro atoms. The fraction of sp³-hybridized carbons (Fsp3) is 0.333. The maximum Gasteiger partial charge on any atom is 0.315 e. The molecular formula is C15H20N4O. The van der Waals surface area contributed by atoms with Crippen LogP contribution in [0.5, 0.6) is 0 Å². The largest absolute Gasteiger partial charge is 0.335 e. The molecule has 106 valence electrons. The molecule has 0 bridgehead atoms. The zero-order chi connectivity index (χ0) is 14.4. The standard InChI is InChI=1S/C15H20N4O/c1-12(10-19-9-8-16-11-19)17-15(20)18-13(2)14-6-4-3-5-7-14/h3-9,11-13H,10H2,1-2H3,(H2,17,18,20). The summed E-state index contributed by atoms with van der Waals surface area (Å²) < 4.78 is 1.94. The fourth-order valence-electron chi connectivity index (χ4n) is 2.04.